The number of benzene rings is 1. The molecule has 1 aliphatic carbocycles. The number of nitrogens with one attached hydrogen (secondary N) is 1. The third kappa shape index (κ3) is 2.64. The Labute approximate surface area is 126 Å². The molecule has 1 N–H and O–H groups in total. The average Bonchev–Trinajstić information content (AvgIpc) is 3.09. The zero-order chi connectivity index (χ0) is 13.9. The van der Waals surface area contributed by atoms with Crippen LogP contribution in [0.3, 0.4) is 0 Å². The summed E-state index contributed by atoms with van der Waals surface area (Å²) in [6.45, 7) is 5.82. The second-order valence-electron chi connectivity index (χ2n) is 6.19. The Kier molecular flexibility index (Phi) is 4.42. The maximum Gasteiger partial charge on any atom is 0.0390 e. The van der Waals surface area contributed by atoms with Gasteiger partial charge in [-0.1, -0.05) is 44.9 Å². The van der Waals surface area contributed by atoms with Crippen molar-refractivity contribution < 1.29 is 0 Å². The second-order valence-corrected chi connectivity index (χ2v) is 7.11. The summed E-state index contributed by atoms with van der Waals surface area (Å²) in [6, 6.07) is 9.60. The molecule has 1 nitrogen and oxygen atoms in total. The van der Waals surface area contributed by atoms with E-state index in [9.17, 15) is 0 Å². The van der Waals surface area contributed by atoms with Gasteiger partial charge in [0.05, 0.1) is 0 Å². The number of rotatable bonds is 5. The highest BCUT2D eigenvalue weighted by Gasteiger charge is 2.32. The number of fused-ring (bicyclic) bond motifs is 1. The van der Waals surface area contributed by atoms with Gasteiger partial charge in [-0.3, -0.25) is 0 Å². The minimum Gasteiger partial charge on any atom is -0.310 e. The van der Waals surface area contributed by atoms with E-state index in [1.165, 1.54) is 41.3 Å². The molecule has 0 spiro atoms. The third-order valence-corrected chi connectivity index (χ3v) is 5.79. The fraction of sp³-hybridized carbons (Fsp3) is 0.556. The molecule has 20 heavy (non-hydrogen) atoms. The van der Waals surface area contributed by atoms with Gasteiger partial charge in [0.25, 0.3) is 0 Å². The SMILES string of the molecule is CCCNC(c1cccc2ccsc12)C1CCCC1C. The van der Waals surface area contributed by atoms with Gasteiger partial charge in [0.1, 0.15) is 0 Å². The monoisotopic (exact) mass is 287 g/mol. The smallest absolute Gasteiger partial charge is 0.0390 e. The predicted octanol–water partition coefficient (Wildman–Crippen LogP) is 5.38. The van der Waals surface area contributed by atoms with E-state index in [0.29, 0.717) is 6.04 Å². The van der Waals surface area contributed by atoms with E-state index < -0.39 is 0 Å². The van der Waals surface area contributed by atoms with Gasteiger partial charge >= 0.3 is 0 Å². The Balaban J connectivity index is 1.97. The molecule has 108 valence electrons. The summed E-state index contributed by atoms with van der Waals surface area (Å²) in [7, 11) is 0. The van der Waals surface area contributed by atoms with Gasteiger partial charge in [-0.15, -0.1) is 11.3 Å². The topological polar surface area (TPSA) is 12.0 Å². The van der Waals surface area contributed by atoms with Crippen molar-refractivity contribution in [3.8, 4) is 0 Å². The summed E-state index contributed by atoms with van der Waals surface area (Å²) >= 11 is 1.90. The molecule has 0 aliphatic heterocycles. The average molecular weight is 287 g/mol. The van der Waals surface area contributed by atoms with E-state index in [1.54, 1.807) is 0 Å². The van der Waals surface area contributed by atoms with E-state index in [-0.39, 0.29) is 0 Å². The highest BCUT2D eigenvalue weighted by molar-refractivity contribution is 7.17. The van der Waals surface area contributed by atoms with E-state index in [4.69, 9.17) is 0 Å². The summed E-state index contributed by atoms with van der Waals surface area (Å²) < 4.78 is 1.49. The van der Waals surface area contributed by atoms with Crippen molar-refractivity contribution in [3.05, 3.63) is 35.2 Å². The summed E-state index contributed by atoms with van der Waals surface area (Å²) in [4.78, 5) is 0. The lowest BCUT2D eigenvalue weighted by Gasteiger charge is -2.29. The minimum atomic E-state index is 0.537. The summed E-state index contributed by atoms with van der Waals surface area (Å²) in [6.07, 6.45) is 5.38. The van der Waals surface area contributed by atoms with Gasteiger partial charge in [0.15, 0.2) is 0 Å². The standard InChI is InChI=1S/C18H25NS/c1-3-11-19-17(15-8-4-6-13(15)2)16-9-5-7-14-10-12-20-18(14)16/h5,7,9-10,12-13,15,17,19H,3-4,6,8,11H2,1-2H3. The normalized spacial score (nSPS) is 24.3. The highest BCUT2D eigenvalue weighted by Crippen LogP contribution is 2.42. The van der Waals surface area contributed by atoms with Crippen LogP contribution in [-0.4, -0.2) is 6.54 Å². The molecule has 1 aromatic heterocycles. The van der Waals surface area contributed by atoms with Gasteiger partial charge in [-0.2, -0.15) is 0 Å². The molecular weight excluding hydrogens is 262 g/mol. The van der Waals surface area contributed by atoms with Gasteiger partial charge in [0, 0.05) is 10.7 Å². The molecule has 0 saturated heterocycles. The Bertz CT molecular complexity index is 559. The lowest BCUT2D eigenvalue weighted by atomic mass is 9.85. The van der Waals surface area contributed by atoms with Crippen LogP contribution in [0, 0.1) is 11.8 Å². The summed E-state index contributed by atoms with van der Waals surface area (Å²) in [5.74, 6) is 1.65. The Hall–Kier alpha value is -0.860. The summed E-state index contributed by atoms with van der Waals surface area (Å²) in [5.41, 5.74) is 1.53. The lowest BCUT2D eigenvalue weighted by Crippen LogP contribution is -2.30. The Morgan fingerprint density at radius 2 is 2.20 bits per heavy atom. The van der Waals surface area contributed by atoms with Crippen molar-refractivity contribution in [3.63, 3.8) is 0 Å². The van der Waals surface area contributed by atoms with Crippen LogP contribution in [0.2, 0.25) is 0 Å². The fourth-order valence-electron chi connectivity index (χ4n) is 3.72. The number of thiophene rings is 1. The van der Waals surface area contributed by atoms with Crippen LogP contribution < -0.4 is 5.32 Å². The molecule has 1 aromatic carbocycles. The third-order valence-electron chi connectivity index (χ3n) is 4.81. The maximum atomic E-state index is 3.85. The molecule has 1 heterocycles. The summed E-state index contributed by atoms with van der Waals surface area (Å²) in [5, 5.41) is 7.48. The lowest BCUT2D eigenvalue weighted by molar-refractivity contribution is 0.304. The number of hydrogen-bond donors (Lipinski definition) is 1. The van der Waals surface area contributed by atoms with Crippen LogP contribution in [0.25, 0.3) is 10.1 Å². The molecule has 1 aliphatic rings. The van der Waals surface area contributed by atoms with E-state index >= 15 is 0 Å². The van der Waals surface area contributed by atoms with Crippen LogP contribution in [0.5, 0.6) is 0 Å². The first-order valence-electron chi connectivity index (χ1n) is 8.00. The van der Waals surface area contributed by atoms with Crippen molar-refractivity contribution in [2.24, 2.45) is 11.8 Å². The zero-order valence-electron chi connectivity index (χ0n) is 12.6. The van der Waals surface area contributed by atoms with Crippen LogP contribution in [0.1, 0.15) is 51.1 Å². The van der Waals surface area contributed by atoms with Crippen molar-refractivity contribution in [1.29, 1.82) is 0 Å². The van der Waals surface area contributed by atoms with Crippen LogP contribution in [-0.2, 0) is 0 Å². The minimum absolute atomic E-state index is 0.537. The van der Waals surface area contributed by atoms with Crippen LogP contribution in [0.4, 0.5) is 0 Å². The predicted molar refractivity (Wildman–Crippen MR) is 89.4 cm³/mol. The zero-order valence-corrected chi connectivity index (χ0v) is 13.4. The molecule has 0 amide bonds. The van der Waals surface area contributed by atoms with E-state index in [2.05, 4.69) is 48.8 Å². The van der Waals surface area contributed by atoms with E-state index in [0.717, 1.165) is 18.4 Å². The molecular formula is C18H25NS. The first kappa shape index (κ1) is 14.1. The molecule has 1 fully saturated rings. The van der Waals surface area contributed by atoms with Crippen LogP contribution in [0.15, 0.2) is 29.6 Å². The van der Waals surface area contributed by atoms with Crippen molar-refractivity contribution in [2.75, 3.05) is 6.54 Å². The second kappa shape index (κ2) is 6.28. The molecule has 3 unspecified atom stereocenters. The first-order chi connectivity index (χ1) is 9.81. The highest BCUT2D eigenvalue weighted by atomic mass is 32.1. The largest absolute Gasteiger partial charge is 0.310 e. The fourth-order valence-corrected chi connectivity index (χ4v) is 4.68. The van der Waals surface area contributed by atoms with Gasteiger partial charge in [-0.05, 0) is 53.6 Å². The van der Waals surface area contributed by atoms with Crippen molar-refractivity contribution in [1.82, 2.24) is 5.32 Å². The van der Waals surface area contributed by atoms with Crippen LogP contribution >= 0.6 is 11.3 Å². The molecule has 0 bridgehead atoms. The van der Waals surface area contributed by atoms with Gasteiger partial charge in [-0.25, -0.2) is 0 Å². The molecule has 2 heteroatoms. The Morgan fingerprint density at radius 1 is 1.30 bits per heavy atom. The maximum absolute atomic E-state index is 3.85. The molecule has 3 atom stereocenters. The quantitative estimate of drug-likeness (QED) is 0.778. The Morgan fingerprint density at radius 3 is 2.95 bits per heavy atom. The van der Waals surface area contributed by atoms with Gasteiger partial charge in [0.2, 0.25) is 0 Å². The van der Waals surface area contributed by atoms with Crippen molar-refractivity contribution in [2.45, 2.75) is 45.6 Å². The molecule has 2 aromatic rings. The van der Waals surface area contributed by atoms with Gasteiger partial charge < -0.3 is 5.32 Å². The first-order valence-corrected chi connectivity index (χ1v) is 8.88. The molecule has 0 radical (unpaired) electrons. The number of hydrogen-bond acceptors (Lipinski definition) is 2. The molecule has 3 rings (SSSR count). The van der Waals surface area contributed by atoms with E-state index in [1.807, 2.05) is 11.3 Å². The molecule has 1 saturated carbocycles. The van der Waals surface area contributed by atoms with Crippen molar-refractivity contribution >= 4 is 21.4 Å².